The van der Waals surface area contributed by atoms with Crippen LogP contribution in [0.2, 0.25) is 6.04 Å². The van der Waals surface area contributed by atoms with Gasteiger partial charge in [0.2, 0.25) is 0 Å². The van der Waals surface area contributed by atoms with Crippen LogP contribution in [0.15, 0.2) is 35.0 Å². The number of rotatable bonds is 14. The molecule has 0 saturated heterocycles. The van der Waals surface area contributed by atoms with Crippen molar-refractivity contribution in [1.29, 1.82) is 0 Å². The van der Waals surface area contributed by atoms with Gasteiger partial charge in [0.05, 0.1) is 9.75 Å². The molecule has 0 N–H and O–H groups in total. The molecule has 0 aromatic carbocycles. The van der Waals surface area contributed by atoms with Gasteiger partial charge in [-0.1, -0.05) is 94.1 Å². The number of nitrogens with zero attached hydrogens (tertiary/aromatic N) is 2. The first-order chi connectivity index (χ1) is 21.2. The Bertz CT molecular complexity index is 1800. The summed E-state index contributed by atoms with van der Waals surface area (Å²) in [6.45, 7) is 6.95. The Balaban J connectivity index is 1.16. The molecule has 0 bridgehead atoms. The number of hydrogen-bond acceptors (Lipinski definition) is 8. The maximum atomic E-state index is 5.16. The van der Waals surface area contributed by atoms with E-state index in [9.17, 15) is 0 Å². The predicted octanol–water partition coefficient (Wildman–Crippen LogP) is 11.9. The first kappa shape index (κ1) is 30.2. The second kappa shape index (κ2) is 13.5. The lowest BCUT2D eigenvalue weighted by molar-refractivity contribution is 0.667. The summed E-state index contributed by atoms with van der Waals surface area (Å²) < 4.78 is 0. The van der Waals surface area contributed by atoms with Crippen LogP contribution in [0.4, 0.5) is 0 Å². The van der Waals surface area contributed by atoms with Crippen LogP contribution in [0.3, 0.4) is 0 Å². The van der Waals surface area contributed by atoms with Crippen molar-refractivity contribution >= 4 is 96.9 Å². The topological polar surface area (TPSA) is 25.8 Å². The zero-order chi connectivity index (χ0) is 29.3. The van der Waals surface area contributed by atoms with E-state index in [2.05, 4.69) is 55.8 Å². The molecule has 1 aliphatic rings. The number of hydrogen-bond donors (Lipinski definition) is 0. The number of unbranched alkanes of at least 4 members (excludes halogenated alkanes) is 6. The quantitative estimate of drug-likeness (QED) is 0.0838. The minimum absolute atomic E-state index is 0.623. The fourth-order valence-corrected chi connectivity index (χ4v) is 16.5. The van der Waals surface area contributed by atoms with Crippen LogP contribution in [0.5, 0.6) is 0 Å². The molecule has 1 aliphatic heterocycles. The Morgan fingerprint density at radius 1 is 0.628 bits per heavy atom. The Morgan fingerprint density at radius 2 is 1.35 bits per heavy atom. The Kier molecular flexibility index (Phi) is 9.48. The van der Waals surface area contributed by atoms with Gasteiger partial charge in [-0.05, 0) is 76.1 Å². The molecule has 6 aromatic rings. The van der Waals surface area contributed by atoms with Gasteiger partial charge in [0, 0.05) is 19.5 Å². The average molecular weight is 694 g/mol. The van der Waals surface area contributed by atoms with Crippen molar-refractivity contribution in [3.8, 4) is 39.3 Å². The fourth-order valence-electron chi connectivity index (χ4n) is 6.04. The number of fused-ring (bicyclic) bond motifs is 4. The van der Waals surface area contributed by atoms with Crippen molar-refractivity contribution in [2.45, 2.75) is 91.0 Å². The van der Waals surface area contributed by atoms with Gasteiger partial charge < -0.3 is 0 Å². The van der Waals surface area contributed by atoms with Crippen LogP contribution < -0.4 is 10.4 Å². The van der Waals surface area contributed by atoms with Crippen molar-refractivity contribution in [3.05, 3.63) is 46.2 Å². The highest BCUT2D eigenvalue weighted by Crippen LogP contribution is 2.47. The summed E-state index contributed by atoms with van der Waals surface area (Å²) in [6.07, 6.45) is 12.8. The van der Waals surface area contributed by atoms with E-state index in [4.69, 9.17) is 9.97 Å². The third-order valence-electron chi connectivity index (χ3n) is 8.31. The third kappa shape index (κ3) is 6.08. The maximum absolute atomic E-state index is 5.16. The highest BCUT2D eigenvalue weighted by molar-refractivity contribution is 7.33. The number of thiazole rings is 2. The lowest BCUT2D eigenvalue weighted by Crippen LogP contribution is -2.35. The number of thiophene rings is 4. The van der Waals surface area contributed by atoms with Crippen LogP contribution in [-0.4, -0.2) is 18.8 Å². The van der Waals surface area contributed by atoms with Crippen LogP contribution in [0.25, 0.3) is 48.9 Å². The zero-order valence-electron chi connectivity index (χ0n) is 25.1. The van der Waals surface area contributed by atoms with Crippen LogP contribution in [-0.2, 0) is 12.8 Å². The van der Waals surface area contributed by atoms with Crippen molar-refractivity contribution < 1.29 is 0 Å². The van der Waals surface area contributed by atoms with Crippen LogP contribution in [0.1, 0.15) is 83.3 Å². The summed E-state index contributed by atoms with van der Waals surface area (Å²) in [4.78, 5) is 21.1. The van der Waals surface area contributed by atoms with E-state index in [1.807, 2.05) is 45.3 Å². The van der Waals surface area contributed by atoms with Gasteiger partial charge in [0.15, 0.2) is 9.66 Å². The molecule has 9 heteroatoms. The van der Waals surface area contributed by atoms with Gasteiger partial charge in [-0.3, -0.25) is 0 Å². The minimum atomic E-state index is -0.623. The normalized spacial score (nSPS) is 13.0. The molecule has 6 aromatic heterocycles. The molecular formula is C34H37N2S6Si. The van der Waals surface area contributed by atoms with Crippen LogP contribution in [0, 0.1) is 0 Å². The Hall–Kier alpha value is -1.46. The molecule has 0 aliphatic carbocycles. The van der Waals surface area contributed by atoms with Crippen molar-refractivity contribution in [3.63, 3.8) is 0 Å². The molecule has 223 valence electrons. The molecule has 0 amide bonds. The van der Waals surface area contributed by atoms with Gasteiger partial charge in [0.1, 0.15) is 18.8 Å². The molecule has 0 unspecified atom stereocenters. The standard InChI is InChI=1S/C34H37N2S6Si/c1-4-7-9-11-13-21-17-24(38-20-21)31-35-33-34(41-31)36-32(42-33)25-18-22(14-12-10-8-5-2)28(40-25)23-19-27-30(39-23)29-26(15-16-37-29)43(27)6-3/h15-20H,4-14H2,1-3H3. The predicted molar refractivity (Wildman–Crippen MR) is 200 cm³/mol. The lowest BCUT2D eigenvalue weighted by atomic mass is 10.1. The monoisotopic (exact) mass is 693 g/mol. The molecule has 2 nitrogen and oxygen atoms in total. The molecule has 0 atom stereocenters. The summed E-state index contributed by atoms with van der Waals surface area (Å²) >= 11 is 11.3. The van der Waals surface area contributed by atoms with E-state index in [0.29, 0.717) is 0 Å². The van der Waals surface area contributed by atoms with E-state index in [0.717, 1.165) is 26.1 Å². The van der Waals surface area contributed by atoms with E-state index in [-0.39, 0.29) is 0 Å². The molecule has 7 heterocycles. The van der Waals surface area contributed by atoms with E-state index in [1.54, 1.807) is 42.8 Å². The summed E-state index contributed by atoms with van der Waals surface area (Å²) in [5.41, 5.74) is 2.98. The fraction of sp³-hybridized carbons (Fsp3) is 0.412. The first-order valence-corrected chi connectivity index (χ1v) is 22.5. The minimum Gasteiger partial charge on any atom is -0.222 e. The Labute approximate surface area is 281 Å². The number of aromatic nitrogens is 2. The molecule has 1 radical (unpaired) electrons. The number of aryl methyl sites for hydroxylation is 2. The Morgan fingerprint density at radius 3 is 2.09 bits per heavy atom. The SMILES string of the molecule is CCCCCCc1csc(-c2nc3sc(-c4cc(CCCCCC)c(-c5cc6c(s5)-c5sccc5[Si]6CC)s4)nc3s2)c1. The second-order valence-electron chi connectivity index (χ2n) is 11.4. The highest BCUT2D eigenvalue weighted by Gasteiger charge is 2.33. The maximum Gasteiger partial charge on any atom is 0.155 e. The summed E-state index contributed by atoms with van der Waals surface area (Å²) in [7, 11) is -0.623. The van der Waals surface area contributed by atoms with E-state index in [1.165, 1.54) is 94.5 Å². The molecular weight excluding hydrogens is 657 g/mol. The third-order valence-corrected chi connectivity index (χ3v) is 18.4. The molecule has 0 spiro atoms. The average Bonchev–Trinajstić information content (AvgIpc) is 3.83. The van der Waals surface area contributed by atoms with Gasteiger partial charge in [0.25, 0.3) is 0 Å². The lowest BCUT2D eigenvalue weighted by Gasteiger charge is -2.05. The van der Waals surface area contributed by atoms with Crippen molar-refractivity contribution in [1.82, 2.24) is 9.97 Å². The smallest absolute Gasteiger partial charge is 0.155 e. The van der Waals surface area contributed by atoms with Gasteiger partial charge in [-0.2, -0.15) is 0 Å². The first-order valence-electron chi connectivity index (χ1n) is 15.7. The van der Waals surface area contributed by atoms with Gasteiger partial charge >= 0.3 is 0 Å². The summed E-state index contributed by atoms with van der Waals surface area (Å²) in [6, 6.07) is 11.1. The summed E-state index contributed by atoms with van der Waals surface area (Å²) in [5, 5.41) is 10.2. The van der Waals surface area contributed by atoms with Crippen molar-refractivity contribution in [2.24, 2.45) is 0 Å². The molecule has 0 fully saturated rings. The second-order valence-corrected chi connectivity index (χ2v) is 20.0. The largest absolute Gasteiger partial charge is 0.222 e. The van der Waals surface area contributed by atoms with Crippen molar-refractivity contribution in [2.75, 3.05) is 0 Å². The van der Waals surface area contributed by atoms with E-state index >= 15 is 0 Å². The van der Waals surface area contributed by atoms with Gasteiger partial charge in [-0.15, -0.1) is 45.3 Å². The zero-order valence-corrected chi connectivity index (χ0v) is 31.0. The van der Waals surface area contributed by atoms with E-state index < -0.39 is 8.80 Å². The van der Waals surface area contributed by atoms with Gasteiger partial charge in [-0.25, -0.2) is 9.97 Å². The summed E-state index contributed by atoms with van der Waals surface area (Å²) in [5.74, 6) is 0. The van der Waals surface area contributed by atoms with Crippen LogP contribution >= 0.6 is 68.0 Å². The molecule has 43 heavy (non-hydrogen) atoms. The molecule has 7 rings (SSSR count). The highest BCUT2D eigenvalue weighted by atomic mass is 32.1. The molecule has 0 saturated carbocycles.